The fraction of sp³-hybridized carbons (Fsp3) is 0.643. The summed E-state index contributed by atoms with van der Waals surface area (Å²) in [7, 11) is 0. The topological polar surface area (TPSA) is 49.6 Å². The maximum Gasteiger partial charge on any atom is 0.264 e. The molecule has 1 aromatic heterocycles. The molecule has 1 saturated heterocycles. The number of thiophene rings is 1. The van der Waals surface area contributed by atoms with Crippen molar-refractivity contribution in [1.29, 1.82) is 0 Å². The molecule has 4 nitrogen and oxygen atoms in total. The molecule has 0 unspecified atom stereocenters. The van der Waals surface area contributed by atoms with E-state index in [-0.39, 0.29) is 5.91 Å². The molecular formula is C14H23N3OS. The van der Waals surface area contributed by atoms with Gasteiger partial charge in [0.1, 0.15) is 0 Å². The summed E-state index contributed by atoms with van der Waals surface area (Å²) in [6.45, 7) is 5.64. The van der Waals surface area contributed by atoms with Gasteiger partial charge in [0, 0.05) is 26.2 Å². The number of nitrogens with two attached hydrogens (primary N) is 1. The largest absolute Gasteiger partial charge is 0.335 e. The van der Waals surface area contributed by atoms with Crippen molar-refractivity contribution >= 4 is 17.2 Å². The van der Waals surface area contributed by atoms with Gasteiger partial charge in [-0.05, 0) is 37.4 Å². The van der Waals surface area contributed by atoms with Crippen LogP contribution in [0.25, 0.3) is 0 Å². The molecule has 0 aromatic carbocycles. The van der Waals surface area contributed by atoms with Crippen LogP contribution in [-0.2, 0) is 0 Å². The summed E-state index contributed by atoms with van der Waals surface area (Å²) < 4.78 is 0. The molecule has 1 fully saturated rings. The summed E-state index contributed by atoms with van der Waals surface area (Å²) in [5.41, 5.74) is 5.49. The molecule has 19 heavy (non-hydrogen) atoms. The lowest BCUT2D eigenvalue weighted by Crippen LogP contribution is -2.48. The van der Waals surface area contributed by atoms with Crippen LogP contribution >= 0.6 is 11.3 Å². The minimum atomic E-state index is 0.192. The first-order chi connectivity index (χ1) is 9.31. The molecule has 0 aliphatic carbocycles. The Kier molecular flexibility index (Phi) is 5.82. The summed E-state index contributed by atoms with van der Waals surface area (Å²) in [6, 6.07) is 3.85. The van der Waals surface area contributed by atoms with E-state index in [1.807, 2.05) is 22.4 Å². The maximum absolute atomic E-state index is 12.2. The van der Waals surface area contributed by atoms with Gasteiger partial charge < -0.3 is 10.6 Å². The molecule has 2 heterocycles. The first-order valence-electron chi connectivity index (χ1n) is 7.06. The average molecular weight is 281 g/mol. The molecule has 2 rings (SSSR count). The van der Waals surface area contributed by atoms with Gasteiger partial charge >= 0.3 is 0 Å². The van der Waals surface area contributed by atoms with Gasteiger partial charge in [0.15, 0.2) is 0 Å². The van der Waals surface area contributed by atoms with Crippen LogP contribution in [0.4, 0.5) is 0 Å². The van der Waals surface area contributed by atoms with Gasteiger partial charge in [0.25, 0.3) is 5.91 Å². The van der Waals surface area contributed by atoms with Gasteiger partial charge in [0.05, 0.1) is 4.88 Å². The van der Waals surface area contributed by atoms with Crippen molar-refractivity contribution in [2.45, 2.75) is 19.3 Å². The second kappa shape index (κ2) is 7.62. The molecule has 1 aliphatic rings. The maximum atomic E-state index is 12.2. The third kappa shape index (κ3) is 4.30. The molecule has 1 amide bonds. The first-order valence-corrected chi connectivity index (χ1v) is 7.94. The van der Waals surface area contributed by atoms with E-state index in [1.165, 1.54) is 24.2 Å². The van der Waals surface area contributed by atoms with E-state index in [2.05, 4.69) is 4.90 Å². The first kappa shape index (κ1) is 14.5. The highest BCUT2D eigenvalue weighted by Crippen LogP contribution is 2.14. The lowest BCUT2D eigenvalue weighted by Gasteiger charge is -2.34. The zero-order chi connectivity index (χ0) is 13.5. The summed E-state index contributed by atoms with van der Waals surface area (Å²) >= 11 is 1.53. The smallest absolute Gasteiger partial charge is 0.264 e. The highest BCUT2D eigenvalue weighted by Gasteiger charge is 2.22. The molecule has 0 saturated carbocycles. The molecule has 0 spiro atoms. The molecule has 1 aromatic rings. The number of amides is 1. The van der Waals surface area contributed by atoms with Crippen molar-refractivity contribution < 1.29 is 4.79 Å². The number of piperazine rings is 1. The molecule has 0 bridgehead atoms. The van der Waals surface area contributed by atoms with Crippen molar-refractivity contribution in [1.82, 2.24) is 9.80 Å². The monoisotopic (exact) mass is 281 g/mol. The predicted molar refractivity (Wildman–Crippen MR) is 79.6 cm³/mol. The summed E-state index contributed by atoms with van der Waals surface area (Å²) in [5, 5.41) is 1.96. The van der Waals surface area contributed by atoms with Crippen molar-refractivity contribution in [2.24, 2.45) is 5.73 Å². The van der Waals surface area contributed by atoms with Gasteiger partial charge in [-0.2, -0.15) is 0 Å². The molecule has 0 atom stereocenters. The number of unbranched alkanes of at least 4 members (excludes halogenated alkanes) is 2. The van der Waals surface area contributed by atoms with E-state index in [1.54, 1.807) is 0 Å². The van der Waals surface area contributed by atoms with Gasteiger partial charge in [-0.15, -0.1) is 11.3 Å². The highest BCUT2D eigenvalue weighted by atomic mass is 32.1. The normalized spacial score (nSPS) is 16.8. The van der Waals surface area contributed by atoms with Gasteiger partial charge in [0.2, 0.25) is 0 Å². The van der Waals surface area contributed by atoms with Crippen LogP contribution in [0.2, 0.25) is 0 Å². The lowest BCUT2D eigenvalue weighted by atomic mass is 10.2. The van der Waals surface area contributed by atoms with Crippen molar-refractivity contribution in [2.75, 3.05) is 39.3 Å². The van der Waals surface area contributed by atoms with Crippen LogP contribution in [-0.4, -0.2) is 55.0 Å². The number of hydrogen-bond acceptors (Lipinski definition) is 4. The van der Waals surface area contributed by atoms with Gasteiger partial charge in [-0.3, -0.25) is 9.69 Å². The third-order valence-electron chi connectivity index (χ3n) is 3.57. The number of hydrogen-bond donors (Lipinski definition) is 1. The number of rotatable bonds is 6. The van der Waals surface area contributed by atoms with Crippen molar-refractivity contribution in [3.05, 3.63) is 22.4 Å². The predicted octanol–water partition coefficient (Wildman–Crippen LogP) is 1.63. The van der Waals surface area contributed by atoms with Crippen molar-refractivity contribution in [3.63, 3.8) is 0 Å². The Morgan fingerprint density at radius 1 is 1.21 bits per heavy atom. The molecular weight excluding hydrogens is 258 g/mol. The number of carbonyl (C=O) groups is 1. The Balaban J connectivity index is 1.69. The van der Waals surface area contributed by atoms with Crippen LogP contribution in [0.1, 0.15) is 28.9 Å². The number of carbonyl (C=O) groups excluding carboxylic acids is 1. The average Bonchev–Trinajstić information content (AvgIpc) is 2.98. The van der Waals surface area contributed by atoms with Crippen LogP contribution in [0.5, 0.6) is 0 Å². The Labute approximate surface area is 119 Å². The fourth-order valence-corrected chi connectivity index (χ4v) is 3.08. The van der Waals surface area contributed by atoms with E-state index in [0.717, 1.165) is 50.6 Å². The zero-order valence-electron chi connectivity index (χ0n) is 11.4. The van der Waals surface area contributed by atoms with Crippen LogP contribution in [0.15, 0.2) is 17.5 Å². The Bertz CT molecular complexity index is 372. The molecule has 106 valence electrons. The van der Waals surface area contributed by atoms with Gasteiger partial charge in [-0.1, -0.05) is 12.5 Å². The van der Waals surface area contributed by atoms with Gasteiger partial charge in [-0.25, -0.2) is 0 Å². The minimum Gasteiger partial charge on any atom is -0.335 e. The summed E-state index contributed by atoms with van der Waals surface area (Å²) in [5.74, 6) is 0.192. The SMILES string of the molecule is NCCCCCN1CCN(C(=O)c2cccs2)CC1. The molecule has 5 heteroatoms. The molecule has 1 aliphatic heterocycles. The summed E-state index contributed by atoms with van der Waals surface area (Å²) in [4.78, 5) is 17.5. The van der Waals surface area contributed by atoms with Crippen LogP contribution < -0.4 is 5.73 Å². The summed E-state index contributed by atoms with van der Waals surface area (Å²) in [6.07, 6.45) is 3.55. The van der Waals surface area contributed by atoms with E-state index in [0.29, 0.717) is 0 Å². The van der Waals surface area contributed by atoms with Crippen molar-refractivity contribution in [3.8, 4) is 0 Å². The van der Waals surface area contributed by atoms with E-state index >= 15 is 0 Å². The van der Waals surface area contributed by atoms with Crippen LogP contribution in [0, 0.1) is 0 Å². The Morgan fingerprint density at radius 2 is 2.00 bits per heavy atom. The second-order valence-corrected chi connectivity index (χ2v) is 5.91. The minimum absolute atomic E-state index is 0.192. The van der Waals surface area contributed by atoms with Crippen LogP contribution in [0.3, 0.4) is 0 Å². The quantitative estimate of drug-likeness (QED) is 0.806. The Morgan fingerprint density at radius 3 is 2.63 bits per heavy atom. The molecule has 2 N–H and O–H groups in total. The Hall–Kier alpha value is -0.910. The highest BCUT2D eigenvalue weighted by molar-refractivity contribution is 7.12. The molecule has 0 radical (unpaired) electrons. The van der Waals surface area contributed by atoms with E-state index in [4.69, 9.17) is 5.73 Å². The second-order valence-electron chi connectivity index (χ2n) is 4.96. The van der Waals surface area contributed by atoms with E-state index in [9.17, 15) is 4.79 Å². The zero-order valence-corrected chi connectivity index (χ0v) is 12.2. The fourth-order valence-electron chi connectivity index (χ4n) is 2.39. The third-order valence-corrected chi connectivity index (χ3v) is 4.43. The van der Waals surface area contributed by atoms with E-state index < -0.39 is 0 Å². The number of nitrogens with zero attached hydrogens (tertiary/aromatic N) is 2. The standard InChI is InChI=1S/C14H23N3OS/c15-6-2-1-3-7-16-8-10-17(11-9-16)14(18)13-5-4-12-19-13/h4-5,12H,1-3,6-11,15H2. The lowest BCUT2D eigenvalue weighted by molar-refractivity contribution is 0.0640.